The van der Waals surface area contributed by atoms with Crippen LogP contribution in [0.1, 0.15) is 18.2 Å². The molecule has 132 valence electrons. The van der Waals surface area contributed by atoms with Crippen LogP contribution in [0.25, 0.3) is 16.8 Å². The molecule has 0 spiro atoms. The van der Waals surface area contributed by atoms with Gasteiger partial charge in [0.25, 0.3) is 0 Å². The number of aromatic nitrogens is 1. The first kappa shape index (κ1) is 17.6. The molecule has 0 radical (unpaired) electrons. The second kappa shape index (κ2) is 8.26. The van der Waals surface area contributed by atoms with Gasteiger partial charge < -0.3 is 14.5 Å². The van der Waals surface area contributed by atoms with Crippen LogP contribution in [0.15, 0.2) is 64.2 Å². The zero-order valence-corrected chi connectivity index (χ0v) is 14.8. The van der Waals surface area contributed by atoms with Gasteiger partial charge in [-0.2, -0.15) is 0 Å². The molecule has 1 N–H and O–H groups in total. The molecule has 7 heteroatoms. The van der Waals surface area contributed by atoms with Crippen LogP contribution in [0.5, 0.6) is 0 Å². The fourth-order valence-corrected chi connectivity index (χ4v) is 2.81. The first-order valence-corrected chi connectivity index (χ1v) is 8.69. The SMILES string of the molecule is CC(=O)N/C(=C\c1ccccc1)C(=O)OCc1coc(-c2cccs2)n1. The number of ether oxygens (including phenoxy) is 1. The minimum atomic E-state index is -0.648. The van der Waals surface area contributed by atoms with Crippen molar-refractivity contribution in [2.24, 2.45) is 0 Å². The number of rotatable bonds is 6. The van der Waals surface area contributed by atoms with Crippen molar-refractivity contribution in [1.82, 2.24) is 10.3 Å². The number of thiophene rings is 1. The Hall–Kier alpha value is -3.19. The zero-order chi connectivity index (χ0) is 18.4. The number of carbonyl (C=O) groups excluding carboxylic acids is 2. The molecule has 0 unspecified atom stereocenters. The maximum absolute atomic E-state index is 12.3. The van der Waals surface area contributed by atoms with E-state index in [1.807, 2.05) is 47.8 Å². The van der Waals surface area contributed by atoms with Gasteiger partial charge in [0.15, 0.2) is 0 Å². The van der Waals surface area contributed by atoms with E-state index >= 15 is 0 Å². The average molecular weight is 368 g/mol. The molecule has 3 aromatic rings. The lowest BCUT2D eigenvalue weighted by molar-refractivity contribution is -0.141. The fourth-order valence-electron chi connectivity index (χ4n) is 2.16. The highest BCUT2D eigenvalue weighted by Crippen LogP contribution is 2.23. The topological polar surface area (TPSA) is 81.4 Å². The number of hydrogen-bond acceptors (Lipinski definition) is 6. The van der Waals surface area contributed by atoms with Gasteiger partial charge in [0.1, 0.15) is 24.3 Å². The molecule has 0 aliphatic rings. The van der Waals surface area contributed by atoms with Crippen LogP contribution in [0, 0.1) is 0 Å². The Morgan fingerprint density at radius 1 is 1.23 bits per heavy atom. The Balaban J connectivity index is 1.68. The third-order valence-electron chi connectivity index (χ3n) is 3.28. The molecule has 0 aliphatic carbocycles. The largest absolute Gasteiger partial charge is 0.454 e. The summed E-state index contributed by atoms with van der Waals surface area (Å²) in [5, 5.41) is 4.42. The third-order valence-corrected chi connectivity index (χ3v) is 4.13. The first-order chi connectivity index (χ1) is 12.6. The lowest BCUT2D eigenvalue weighted by atomic mass is 10.2. The van der Waals surface area contributed by atoms with Crippen molar-refractivity contribution in [3.05, 3.63) is 71.1 Å². The molecule has 0 atom stereocenters. The molecule has 0 fully saturated rings. The Morgan fingerprint density at radius 2 is 2.04 bits per heavy atom. The highest BCUT2D eigenvalue weighted by Gasteiger charge is 2.15. The quantitative estimate of drug-likeness (QED) is 0.531. The van der Waals surface area contributed by atoms with Gasteiger partial charge in [-0.05, 0) is 23.1 Å². The van der Waals surface area contributed by atoms with Gasteiger partial charge in [0, 0.05) is 6.92 Å². The van der Waals surface area contributed by atoms with Crippen LogP contribution >= 0.6 is 11.3 Å². The van der Waals surface area contributed by atoms with Gasteiger partial charge in [0.2, 0.25) is 11.8 Å². The van der Waals surface area contributed by atoms with Crippen LogP contribution in [0.2, 0.25) is 0 Å². The second-order valence-corrected chi connectivity index (χ2v) is 6.30. The predicted molar refractivity (Wildman–Crippen MR) is 97.8 cm³/mol. The highest BCUT2D eigenvalue weighted by molar-refractivity contribution is 7.13. The van der Waals surface area contributed by atoms with E-state index in [1.54, 1.807) is 6.08 Å². The number of benzene rings is 1. The van der Waals surface area contributed by atoms with Crippen molar-refractivity contribution in [2.45, 2.75) is 13.5 Å². The van der Waals surface area contributed by atoms with Gasteiger partial charge in [-0.1, -0.05) is 36.4 Å². The van der Waals surface area contributed by atoms with Crippen molar-refractivity contribution < 1.29 is 18.7 Å². The average Bonchev–Trinajstić information content (AvgIpc) is 3.31. The standard InChI is InChI=1S/C19H16N2O4S/c1-13(22)20-16(10-14-6-3-2-4-7-14)19(23)25-12-15-11-24-18(21-15)17-8-5-9-26-17/h2-11H,12H2,1H3,(H,20,22)/b16-10-. The molecule has 6 nitrogen and oxygen atoms in total. The van der Waals surface area contributed by atoms with Crippen LogP contribution < -0.4 is 5.32 Å². The van der Waals surface area contributed by atoms with Crippen molar-refractivity contribution in [3.8, 4) is 10.8 Å². The van der Waals surface area contributed by atoms with E-state index in [0.717, 1.165) is 10.4 Å². The molecule has 0 saturated heterocycles. The Kier molecular flexibility index (Phi) is 5.60. The molecule has 0 aliphatic heterocycles. The summed E-state index contributed by atoms with van der Waals surface area (Å²) in [5.41, 5.74) is 1.32. The van der Waals surface area contributed by atoms with Crippen molar-refractivity contribution in [2.75, 3.05) is 0 Å². The predicted octanol–water partition coefficient (Wildman–Crippen LogP) is 3.62. The van der Waals surface area contributed by atoms with Gasteiger partial charge in [-0.15, -0.1) is 11.3 Å². The number of hydrogen-bond donors (Lipinski definition) is 1. The molecule has 1 amide bonds. The van der Waals surface area contributed by atoms with E-state index in [2.05, 4.69) is 10.3 Å². The Morgan fingerprint density at radius 3 is 2.73 bits per heavy atom. The van der Waals surface area contributed by atoms with E-state index in [4.69, 9.17) is 9.15 Å². The maximum atomic E-state index is 12.3. The Labute approximate surface area is 154 Å². The Bertz CT molecular complexity index is 914. The van der Waals surface area contributed by atoms with Crippen molar-refractivity contribution in [3.63, 3.8) is 0 Å². The van der Waals surface area contributed by atoms with Gasteiger partial charge >= 0.3 is 5.97 Å². The summed E-state index contributed by atoms with van der Waals surface area (Å²) < 4.78 is 10.6. The van der Waals surface area contributed by atoms with Crippen molar-refractivity contribution in [1.29, 1.82) is 0 Å². The van der Waals surface area contributed by atoms with E-state index in [9.17, 15) is 9.59 Å². The van der Waals surface area contributed by atoms with Crippen LogP contribution in [0.4, 0.5) is 0 Å². The highest BCUT2D eigenvalue weighted by atomic mass is 32.1. The van der Waals surface area contributed by atoms with Crippen molar-refractivity contribution >= 4 is 29.3 Å². The molecule has 2 heterocycles. The number of oxazole rings is 1. The van der Waals surface area contributed by atoms with Gasteiger partial charge in [-0.25, -0.2) is 9.78 Å². The van der Waals surface area contributed by atoms with E-state index in [0.29, 0.717) is 11.6 Å². The lowest BCUT2D eigenvalue weighted by Gasteiger charge is -2.08. The maximum Gasteiger partial charge on any atom is 0.355 e. The monoisotopic (exact) mass is 368 g/mol. The number of esters is 1. The van der Waals surface area contributed by atoms with E-state index < -0.39 is 5.97 Å². The summed E-state index contributed by atoms with van der Waals surface area (Å²) in [6, 6.07) is 13.0. The molecule has 0 bridgehead atoms. The zero-order valence-electron chi connectivity index (χ0n) is 14.0. The summed E-state index contributed by atoms with van der Waals surface area (Å²) in [7, 11) is 0. The molecule has 26 heavy (non-hydrogen) atoms. The van der Waals surface area contributed by atoms with E-state index in [1.165, 1.54) is 24.5 Å². The molecule has 1 aromatic carbocycles. The van der Waals surface area contributed by atoms with Crippen LogP contribution in [-0.2, 0) is 20.9 Å². The minimum Gasteiger partial charge on any atom is -0.454 e. The minimum absolute atomic E-state index is 0.0561. The second-order valence-electron chi connectivity index (χ2n) is 5.35. The summed E-state index contributed by atoms with van der Waals surface area (Å²) in [6.45, 7) is 1.27. The number of nitrogens with zero attached hydrogens (tertiary/aromatic N) is 1. The third kappa shape index (κ3) is 4.67. The molecular weight excluding hydrogens is 352 g/mol. The summed E-state index contributed by atoms with van der Waals surface area (Å²) in [4.78, 5) is 28.9. The molecule has 2 aromatic heterocycles. The fraction of sp³-hybridized carbons (Fsp3) is 0.105. The number of carbonyl (C=O) groups is 2. The molecular formula is C19H16N2O4S. The normalized spacial score (nSPS) is 11.2. The van der Waals surface area contributed by atoms with E-state index in [-0.39, 0.29) is 18.2 Å². The lowest BCUT2D eigenvalue weighted by Crippen LogP contribution is -2.26. The number of nitrogens with one attached hydrogen (secondary N) is 1. The summed E-state index contributed by atoms with van der Waals surface area (Å²) in [5.74, 6) is -0.525. The van der Waals surface area contributed by atoms with Gasteiger partial charge in [0.05, 0.1) is 4.88 Å². The van der Waals surface area contributed by atoms with Gasteiger partial charge in [-0.3, -0.25) is 4.79 Å². The molecule has 0 saturated carbocycles. The van der Waals surface area contributed by atoms with Crippen LogP contribution in [0.3, 0.4) is 0 Å². The van der Waals surface area contributed by atoms with Crippen LogP contribution in [-0.4, -0.2) is 16.9 Å². The first-order valence-electron chi connectivity index (χ1n) is 7.81. The molecule has 3 rings (SSSR count). The summed E-state index contributed by atoms with van der Waals surface area (Å²) in [6.07, 6.45) is 3.00. The number of amides is 1. The summed E-state index contributed by atoms with van der Waals surface area (Å²) >= 11 is 1.51. The smallest absolute Gasteiger partial charge is 0.355 e.